The van der Waals surface area contributed by atoms with Crippen LogP contribution >= 0.6 is 0 Å². The standard InChI is InChI=1S/C10H19NO/c1-7(2)9-6-12-10-5-11(3)4-8(9)10/h7-10H,4-6H2,1-3H3/t8-,9?,10-/m1/s1. The second kappa shape index (κ2) is 3.00. The van der Waals surface area contributed by atoms with Gasteiger partial charge in [-0.3, -0.25) is 0 Å². The van der Waals surface area contributed by atoms with Crippen molar-refractivity contribution in [3.8, 4) is 0 Å². The van der Waals surface area contributed by atoms with E-state index in [2.05, 4.69) is 25.8 Å². The molecule has 2 nitrogen and oxygen atoms in total. The van der Waals surface area contributed by atoms with E-state index in [0.717, 1.165) is 30.9 Å². The number of rotatable bonds is 1. The predicted octanol–water partition coefficient (Wildman–Crippen LogP) is 1.22. The third-order valence-electron chi connectivity index (χ3n) is 3.40. The van der Waals surface area contributed by atoms with E-state index in [9.17, 15) is 0 Å². The molecule has 70 valence electrons. The third-order valence-corrected chi connectivity index (χ3v) is 3.40. The van der Waals surface area contributed by atoms with E-state index in [4.69, 9.17) is 4.74 Å². The van der Waals surface area contributed by atoms with Crippen LogP contribution in [0, 0.1) is 17.8 Å². The highest BCUT2D eigenvalue weighted by Crippen LogP contribution is 2.36. The Hall–Kier alpha value is -0.0800. The molecule has 2 heterocycles. The second-order valence-corrected chi connectivity index (χ2v) is 4.66. The molecule has 2 aliphatic rings. The van der Waals surface area contributed by atoms with Gasteiger partial charge in [0.2, 0.25) is 0 Å². The van der Waals surface area contributed by atoms with Crippen LogP contribution in [0.1, 0.15) is 13.8 Å². The van der Waals surface area contributed by atoms with Crippen LogP contribution < -0.4 is 0 Å². The van der Waals surface area contributed by atoms with Gasteiger partial charge >= 0.3 is 0 Å². The van der Waals surface area contributed by atoms with Crippen molar-refractivity contribution in [3.63, 3.8) is 0 Å². The van der Waals surface area contributed by atoms with Gasteiger partial charge in [0.05, 0.1) is 12.7 Å². The molecular formula is C10H19NO. The van der Waals surface area contributed by atoms with Crippen molar-refractivity contribution in [2.24, 2.45) is 17.8 Å². The van der Waals surface area contributed by atoms with Crippen molar-refractivity contribution in [2.45, 2.75) is 20.0 Å². The molecule has 0 spiro atoms. The fourth-order valence-corrected chi connectivity index (χ4v) is 2.63. The van der Waals surface area contributed by atoms with Gasteiger partial charge in [0, 0.05) is 19.0 Å². The van der Waals surface area contributed by atoms with Gasteiger partial charge in [-0.15, -0.1) is 0 Å². The normalized spacial score (nSPS) is 42.5. The molecule has 0 saturated carbocycles. The second-order valence-electron chi connectivity index (χ2n) is 4.66. The summed E-state index contributed by atoms with van der Waals surface area (Å²) in [6.45, 7) is 8.02. The Bertz CT molecular complexity index is 169. The topological polar surface area (TPSA) is 12.5 Å². The molecule has 2 aliphatic heterocycles. The number of hydrogen-bond acceptors (Lipinski definition) is 2. The molecule has 2 rings (SSSR count). The van der Waals surface area contributed by atoms with Crippen LogP contribution in [0.25, 0.3) is 0 Å². The van der Waals surface area contributed by atoms with Crippen LogP contribution in [0.5, 0.6) is 0 Å². The number of likely N-dealkylation sites (N-methyl/N-ethyl adjacent to an activating group) is 1. The van der Waals surface area contributed by atoms with Crippen molar-refractivity contribution in [1.82, 2.24) is 4.90 Å². The van der Waals surface area contributed by atoms with E-state index in [1.54, 1.807) is 0 Å². The average molecular weight is 169 g/mol. The minimum atomic E-state index is 0.544. The zero-order valence-corrected chi connectivity index (χ0v) is 8.29. The summed E-state index contributed by atoms with van der Waals surface area (Å²) in [6, 6.07) is 0. The van der Waals surface area contributed by atoms with E-state index in [1.165, 1.54) is 6.54 Å². The molecule has 12 heavy (non-hydrogen) atoms. The van der Waals surface area contributed by atoms with Gasteiger partial charge in [-0.2, -0.15) is 0 Å². The number of fused-ring (bicyclic) bond motifs is 1. The van der Waals surface area contributed by atoms with Crippen LogP contribution in [-0.2, 0) is 4.74 Å². The predicted molar refractivity (Wildman–Crippen MR) is 49.1 cm³/mol. The molecule has 2 saturated heterocycles. The summed E-state index contributed by atoms with van der Waals surface area (Å²) in [5, 5.41) is 0. The molecule has 0 aromatic rings. The molecule has 0 aromatic carbocycles. The molecule has 1 unspecified atom stereocenters. The lowest BCUT2D eigenvalue weighted by molar-refractivity contribution is 0.0958. The Morgan fingerprint density at radius 3 is 2.75 bits per heavy atom. The highest BCUT2D eigenvalue weighted by Gasteiger charge is 2.43. The molecular weight excluding hydrogens is 150 g/mol. The molecule has 0 radical (unpaired) electrons. The Balaban J connectivity index is 2.03. The van der Waals surface area contributed by atoms with E-state index in [-0.39, 0.29) is 0 Å². The Kier molecular flexibility index (Phi) is 2.13. The number of likely N-dealkylation sites (tertiary alicyclic amines) is 1. The minimum absolute atomic E-state index is 0.544. The first-order valence-electron chi connectivity index (χ1n) is 4.98. The van der Waals surface area contributed by atoms with Crippen molar-refractivity contribution < 1.29 is 4.74 Å². The summed E-state index contributed by atoms with van der Waals surface area (Å²) in [5.74, 6) is 2.40. The average Bonchev–Trinajstić information content (AvgIpc) is 2.43. The number of hydrogen-bond donors (Lipinski definition) is 0. The zero-order valence-electron chi connectivity index (χ0n) is 8.29. The van der Waals surface area contributed by atoms with Crippen LogP contribution in [-0.4, -0.2) is 37.7 Å². The molecule has 0 aliphatic carbocycles. The van der Waals surface area contributed by atoms with Crippen LogP contribution in [0.4, 0.5) is 0 Å². The van der Waals surface area contributed by atoms with Gasteiger partial charge in [0.25, 0.3) is 0 Å². The molecule has 0 amide bonds. The van der Waals surface area contributed by atoms with E-state index < -0.39 is 0 Å². The maximum Gasteiger partial charge on any atom is 0.0745 e. The highest BCUT2D eigenvalue weighted by atomic mass is 16.5. The Labute approximate surface area is 74.9 Å². The largest absolute Gasteiger partial charge is 0.376 e. The third kappa shape index (κ3) is 1.27. The summed E-state index contributed by atoms with van der Waals surface area (Å²) in [7, 11) is 2.19. The Morgan fingerprint density at radius 1 is 1.33 bits per heavy atom. The van der Waals surface area contributed by atoms with Gasteiger partial charge in [-0.05, 0) is 18.9 Å². The zero-order chi connectivity index (χ0) is 8.72. The molecule has 2 heteroatoms. The van der Waals surface area contributed by atoms with Gasteiger partial charge in [-0.25, -0.2) is 0 Å². The first-order valence-corrected chi connectivity index (χ1v) is 4.98. The lowest BCUT2D eigenvalue weighted by Crippen LogP contribution is -2.23. The summed E-state index contributed by atoms with van der Waals surface area (Å²) in [6.07, 6.45) is 0.544. The van der Waals surface area contributed by atoms with E-state index >= 15 is 0 Å². The lowest BCUT2D eigenvalue weighted by atomic mass is 9.84. The van der Waals surface area contributed by atoms with E-state index in [1.807, 2.05) is 0 Å². The van der Waals surface area contributed by atoms with Crippen molar-refractivity contribution in [1.29, 1.82) is 0 Å². The molecule has 3 atom stereocenters. The van der Waals surface area contributed by atoms with Crippen molar-refractivity contribution in [3.05, 3.63) is 0 Å². The molecule has 0 bridgehead atoms. The molecule has 2 fully saturated rings. The highest BCUT2D eigenvalue weighted by molar-refractivity contribution is 4.93. The molecule has 0 N–H and O–H groups in total. The van der Waals surface area contributed by atoms with Crippen LogP contribution in [0.15, 0.2) is 0 Å². The fraction of sp³-hybridized carbons (Fsp3) is 1.00. The van der Waals surface area contributed by atoms with Gasteiger partial charge in [-0.1, -0.05) is 13.8 Å². The van der Waals surface area contributed by atoms with Gasteiger partial charge in [0.1, 0.15) is 0 Å². The quantitative estimate of drug-likeness (QED) is 0.585. The maximum absolute atomic E-state index is 5.78. The lowest BCUT2D eigenvalue weighted by Gasteiger charge is -2.19. The van der Waals surface area contributed by atoms with Gasteiger partial charge < -0.3 is 9.64 Å². The smallest absolute Gasteiger partial charge is 0.0745 e. The van der Waals surface area contributed by atoms with Crippen molar-refractivity contribution >= 4 is 0 Å². The summed E-state index contributed by atoms with van der Waals surface area (Å²) >= 11 is 0. The first-order chi connectivity index (χ1) is 5.68. The summed E-state index contributed by atoms with van der Waals surface area (Å²) in [4.78, 5) is 2.39. The minimum Gasteiger partial charge on any atom is -0.376 e. The first kappa shape index (κ1) is 8.52. The van der Waals surface area contributed by atoms with Gasteiger partial charge in [0.15, 0.2) is 0 Å². The Morgan fingerprint density at radius 2 is 2.08 bits per heavy atom. The summed E-state index contributed by atoms with van der Waals surface area (Å²) < 4.78 is 5.78. The van der Waals surface area contributed by atoms with Crippen LogP contribution in [0.2, 0.25) is 0 Å². The summed E-state index contributed by atoms with van der Waals surface area (Å²) in [5.41, 5.74) is 0. The van der Waals surface area contributed by atoms with Crippen LogP contribution in [0.3, 0.4) is 0 Å². The van der Waals surface area contributed by atoms with E-state index in [0.29, 0.717) is 6.10 Å². The number of nitrogens with zero attached hydrogens (tertiary/aromatic N) is 1. The maximum atomic E-state index is 5.78. The fourth-order valence-electron chi connectivity index (χ4n) is 2.63. The number of ether oxygens (including phenoxy) is 1. The van der Waals surface area contributed by atoms with Crippen molar-refractivity contribution in [2.75, 3.05) is 26.7 Å². The monoisotopic (exact) mass is 169 g/mol. The SMILES string of the molecule is CC(C)C1CO[C@@H]2CN(C)C[C@H]12. The molecule has 0 aromatic heterocycles.